The van der Waals surface area contributed by atoms with Gasteiger partial charge in [-0.25, -0.2) is 18.2 Å². The zero-order chi connectivity index (χ0) is 29.0. The van der Waals surface area contributed by atoms with Crippen molar-refractivity contribution in [3.63, 3.8) is 0 Å². The molecule has 12 heteroatoms. The fourth-order valence-corrected chi connectivity index (χ4v) is 6.29. The van der Waals surface area contributed by atoms with Gasteiger partial charge in [-0.2, -0.15) is 9.82 Å². The second-order valence-electron chi connectivity index (χ2n) is 9.45. The Bertz CT molecular complexity index is 1820. The number of H-pyrrole nitrogens is 1. The van der Waals surface area contributed by atoms with E-state index in [0.717, 1.165) is 4.90 Å². The fourth-order valence-electron chi connectivity index (χ4n) is 4.74. The molecule has 5 aromatic rings. The number of nitrogens with one attached hydrogen (secondary N) is 3. The number of carboxylic acids is 1. The number of nitrogens with zero attached hydrogens (tertiary/aromatic N) is 3. The van der Waals surface area contributed by atoms with E-state index in [1.54, 1.807) is 85.9 Å². The molecular weight excluding hydrogens is 544 g/mol. The maximum atomic E-state index is 14.1. The second kappa shape index (κ2) is 11.4. The van der Waals surface area contributed by atoms with Gasteiger partial charge in [0, 0.05) is 29.1 Å². The lowest BCUT2D eigenvalue weighted by molar-refractivity contribution is -0.150. The van der Waals surface area contributed by atoms with Gasteiger partial charge in [-0.05, 0) is 48.2 Å². The van der Waals surface area contributed by atoms with E-state index in [0.29, 0.717) is 33.9 Å². The molecule has 11 nitrogen and oxygen atoms in total. The number of pyridine rings is 1. The molecule has 0 saturated carbocycles. The highest BCUT2D eigenvalue weighted by atomic mass is 32.2. The number of benzene rings is 3. The Kier molecular flexibility index (Phi) is 7.68. The minimum atomic E-state index is -4.50. The third kappa shape index (κ3) is 5.47. The molecule has 3 aromatic carbocycles. The Morgan fingerprint density at radius 3 is 2.54 bits per heavy atom. The first-order valence-corrected chi connectivity index (χ1v) is 14.4. The summed E-state index contributed by atoms with van der Waals surface area (Å²) in [6, 6.07) is 21.4. The number of anilines is 1. The monoisotopic (exact) mass is 572 g/mol. The highest BCUT2D eigenvalue weighted by Crippen LogP contribution is 2.27. The minimum absolute atomic E-state index is 0.0590. The number of hydrogen-bond acceptors (Lipinski definition) is 7. The fraction of sp³-hybridized carbons (Fsp3) is 0.172. The number of carbonyl (C=O) groups excluding carboxylic acids is 1. The molecule has 0 aliphatic carbocycles. The van der Waals surface area contributed by atoms with Crippen LogP contribution in [0, 0.1) is 0 Å². The zero-order valence-corrected chi connectivity index (χ0v) is 22.9. The Labute approximate surface area is 236 Å². The number of rotatable bonds is 11. The van der Waals surface area contributed by atoms with E-state index in [1.807, 2.05) is 0 Å². The maximum Gasteiger partial charge on any atom is 0.347 e. The first-order chi connectivity index (χ1) is 19.7. The summed E-state index contributed by atoms with van der Waals surface area (Å²) in [5.41, 5.74) is -1.56. The molecule has 210 valence electrons. The van der Waals surface area contributed by atoms with Gasteiger partial charge in [-0.1, -0.05) is 49.4 Å². The summed E-state index contributed by atoms with van der Waals surface area (Å²) in [6.45, 7) is 1.21. The van der Waals surface area contributed by atoms with E-state index in [1.165, 1.54) is 12.3 Å². The van der Waals surface area contributed by atoms with Crippen LogP contribution >= 0.6 is 0 Å². The van der Waals surface area contributed by atoms with Crippen LogP contribution in [0.25, 0.3) is 21.7 Å². The van der Waals surface area contributed by atoms with Gasteiger partial charge in [0.05, 0.1) is 23.2 Å². The summed E-state index contributed by atoms with van der Waals surface area (Å²) in [7, 11) is -4.50. The molecule has 0 aliphatic heterocycles. The van der Waals surface area contributed by atoms with Crippen LogP contribution in [0.1, 0.15) is 23.7 Å². The van der Waals surface area contributed by atoms with Crippen molar-refractivity contribution in [1.82, 2.24) is 24.8 Å². The predicted octanol–water partition coefficient (Wildman–Crippen LogP) is 3.83. The number of aromatic nitrogens is 3. The normalized spacial score (nSPS) is 13.1. The molecular formula is C29H28N6O5S. The van der Waals surface area contributed by atoms with Crippen LogP contribution in [-0.2, 0) is 14.8 Å². The van der Waals surface area contributed by atoms with Crippen molar-refractivity contribution < 1.29 is 23.1 Å². The number of fused-ring (bicyclic) bond motifs is 2. The third-order valence-corrected chi connectivity index (χ3v) is 8.27. The standard InChI is InChI=1S/C29H28N6O5S/c1-2-16-35(27(36)21-13-14-24-22(17-21)18-32-33-24)29(28(37)38,19-31-26-12-5-6-15-30-26)34-41(39,40)25-11-7-9-20-8-3-4-10-23(20)25/h3-15,17-18,34H,2,16,19H2,1H3,(H,30,31)(H,32,33)(H,37,38)/t29-/m1/s1. The van der Waals surface area contributed by atoms with Gasteiger partial charge < -0.3 is 15.3 Å². The largest absolute Gasteiger partial charge is 0.478 e. The Balaban J connectivity index is 1.64. The van der Waals surface area contributed by atoms with Gasteiger partial charge in [0.1, 0.15) is 5.82 Å². The van der Waals surface area contributed by atoms with Gasteiger partial charge in [0.15, 0.2) is 0 Å². The summed E-state index contributed by atoms with van der Waals surface area (Å²) in [5.74, 6) is -1.91. The first-order valence-electron chi connectivity index (χ1n) is 12.9. The van der Waals surface area contributed by atoms with Crippen molar-refractivity contribution in [2.45, 2.75) is 23.9 Å². The third-order valence-electron chi connectivity index (χ3n) is 6.73. The Morgan fingerprint density at radius 1 is 1.00 bits per heavy atom. The highest BCUT2D eigenvalue weighted by molar-refractivity contribution is 7.89. The molecule has 0 fully saturated rings. The molecule has 0 bridgehead atoms. The van der Waals surface area contributed by atoms with E-state index in [2.05, 4.69) is 25.2 Å². The van der Waals surface area contributed by atoms with Crippen molar-refractivity contribution in [3.05, 3.63) is 96.8 Å². The minimum Gasteiger partial charge on any atom is -0.478 e. The summed E-state index contributed by atoms with van der Waals surface area (Å²) >= 11 is 0. The van der Waals surface area contributed by atoms with Gasteiger partial charge in [0.2, 0.25) is 15.7 Å². The number of sulfonamides is 1. The van der Waals surface area contributed by atoms with E-state index >= 15 is 0 Å². The molecule has 2 heterocycles. The topological polar surface area (TPSA) is 157 Å². The molecule has 4 N–H and O–H groups in total. The van der Waals surface area contributed by atoms with Crippen LogP contribution in [-0.4, -0.2) is 64.2 Å². The van der Waals surface area contributed by atoms with E-state index < -0.39 is 34.1 Å². The molecule has 0 saturated heterocycles. The van der Waals surface area contributed by atoms with Crippen LogP contribution in [0.2, 0.25) is 0 Å². The average Bonchev–Trinajstić information content (AvgIpc) is 3.46. The number of carboxylic acid groups (broad SMARTS) is 1. The average molecular weight is 573 g/mol. The van der Waals surface area contributed by atoms with E-state index in [4.69, 9.17) is 0 Å². The first kappa shape index (κ1) is 27.7. The van der Waals surface area contributed by atoms with Crippen molar-refractivity contribution in [2.75, 3.05) is 18.4 Å². The molecule has 41 heavy (non-hydrogen) atoms. The van der Waals surface area contributed by atoms with Gasteiger partial charge in [0.25, 0.3) is 5.91 Å². The molecule has 0 spiro atoms. The highest BCUT2D eigenvalue weighted by Gasteiger charge is 2.50. The van der Waals surface area contributed by atoms with Gasteiger partial charge >= 0.3 is 5.97 Å². The van der Waals surface area contributed by atoms with Crippen LogP contribution in [0.5, 0.6) is 0 Å². The molecule has 0 aliphatic rings. The van der Waals surface area contributed by atoms with Crippen LogP contribution in [0.4, 0.5) is 5.82 Å². The van der Waals surface area contributed by atoms with Crippen LogP contribution in [0.3, 0.4) is 0 Å². The Hall–Kier alpha value is -4.81. The predicted molar refractivity (Wildman–Crippen MR) is 155 cm³/mol. The zero-order valence-electron chi connectivity index (χ0n) is 22.1. The number of amides is 1. The lowest BCUT2D eigenvalue weighted by Gasteiger charge is -2.41. The van der Waals surface area contributed by atoms with Crippen LogP contribution < -0.4 is 10.0 Å². The van der Waals surface area contributed by atoms with Crippen molar-refractivity contribution in [1.29, 1.82) is 0 Å². The number of aromatic amines is 1. The number of aliphatic carboxylic acids is 1. The maximum absolute atomic E-state index is 14.1. The smallest absolute Gasteiger partial charge is 0.347 e. The molecule has 5 rings (SSSR count). The van der Waals surface area contributed by atoms with Crippen LogP contribution in [0.15, 0.2) is 96.2 Å². The Morgan fingerprint density at radius 2 is 1.78 bits per heavy atom. The lowest BCUT2D eigenvalue weighted by atomic mass is 10.1. The van der Waals surface area contributed by atoms with E-state index in [-0.39, 0.29) is 17.0 Å². The second-order valence-corrected chi connectivity index (χ2v) is 11.1. The quantitative estimate of drug-likeness (QED) is 0.174. The molecule has 0 unspecified atom stereocenters. The summed E-state index contributed by atoms with van der Waals surface area (Å²) in [4.78, 5) is 32.4. The van der Waals surface area contributed by atoms with Gasteiger partial charge in [-0.15, -0.1) is 0 Å². The number of hydrogen-bond donors (Lipinski definition) is 4. The molecule has 1 amide bonds. The summed E-state index contributed by atoms with van der Waals surface area (Å²) < 4.78 is 30.5. The van der Waals surface area contributed by atoms with Crippen molar-refractivity contribution in [3.8, 4) is 0 Å². The molecule has 1 atom stereocenters. The number of carbonyl (C=O) groups is 2. The van der Waals surface area contributed by atoms with Crippen molar-refractivity contribution >= 4 is 49.4 Å². The molecule has 2 aromatic heterocycles. The van der Waals surface area contributed by atoms with Gasteiger partial charge in [-0.3, -0.25) is 9.89 Å². The van der Waals surface area contributed by atoms with Crippen molar-refractivity contribution in [2.24, 2.45) is 0 Å². The molecule has 0 radical (unpaired) electrons. The summed E-state index contributed by atoms with van der Waals surface area (Å²) in [6.07, 6.45) is 3.42. The lowest BCUT2D eigenvalue weighted by Crippen LogP contribution is -2.70. The SMILES string of the molecule is CCCN(C(=O)c1ccc2[nH]ncc2c1)[C@@](CNc1ccccn1)(NS(=O)(=O)c1cccc2ccccc12)C(=O)O. The van der Waals surface area contributed by atoms with E-state index in [9.17, 15) is 23.1 Å². The summed E-state index contributed by atoms with van der Waals surface area (Å²) in [5, 5.41) is 22.2.